The number of benzene rings is 1. The van der Waals surface area contributed by atoms with Gasteiger partial charge >= 0.3 is 0 Å². The Morgan fingerprint density at radius 1 is 1.42 bits per heavy atom. The number of aromatic hydroxyl groups is 1. The molecule has 6 heteroatoms. The highest BCUT2D eigenvalue weighted by Crippen LogP contribution is 2.29. The first-order chi connectivity index (χ1) is 11.6. The Morgan fingerprint density at radius 2 is 2.17 bits per heavy atom. The zero-order chi connectivity index (χ0) is 17.5. The summed E-state index contributed by atoms with van der Waals surface area (Å²) >= 11 is 2.79. The molecule has 0 bridgehead atoms. The van der Waals surface area contributed by atoms with Crippen LogP contribution in [0.1, 0.15) is 13.8 Å². The Hall–Kier alpha value is -2.05. The maximum atomic E-state index is 11.9. The molecule has 1 aromatic carbocycles. The highest BCUT2D eigenvalue weighted by molar-refractivity contribution is 8.14. The molecule has 0 saturated carbocycles. The van der Waals surface area contributed by atoms with Crippen molar-refractivity contribution in [3.8, 4) is 5.75 Å². The van der Waals surface area contributed by atoms with E-state index in [1.54, 1.807) is 16.7 Å². The van der Waals surface area contributed by atoms with Gasteiger partial charge in [-0.2, -0.15) is 0 Å². The van der Waals surface area contributed by atoms with E-state index in [9.17, 15) is 9.90 Å². The third kappa shape index (κ3) is 4.49. The number of phenols is 1. The lowest BCUT2D eigenvalue weighted by molar-refractivity contribution is 0.462. The molecular weight excluding hydrogens is 340 g/mol. The number of hydrogen-bond acceptors (Lipinski definition) is 5. The van der Waals surface area contributed by atoms with Crippen LogP contribution in [0.15, 0.2) is 51.1 Å². The molecule has 0 fully saturated rings. The van der Waals surface area contributed by atoms with Gasteiger partial charge in [-0.3, -0.25) is 14.4 Å². The Balaban J connectivity index is 2.27. The number of hydrogen-bond donors (Lipinski definition) is 1. The van der Waals surface area contributed by atoms with Gasteiger partial charge in [0.05, 0.1) is 19.1 Å². The van der Waals surface area contributed by atoms with E-state index in [2.05, 4.69) is 11.6 Å². The molecule has 1 aromatic heterocycles. The van der Waals surface area contributed by atoms with Crippen LogP contribution in [0.4, 0.5) is 0 Å². The number of thiazole rings is 1. The molecule has 0 atom stereocenters. The number of aromatic nitrogens is 1. The van der Waals surface area contributed by atoms with Crippen LogP contribution in [0, 0.1) is 0 Å². The van der Waals surface area contributed by atoms with Crippen molar-refractivity contribution in [2.75, 3.05) is 6.54 Å². The quantitative estimate of drug-likeness (QED) is 0.507. The van der Waals surface area contributed by atoms with Gasteiger partial charge in [-0.1, -0.05) is 36.5 Å². The molecule has 126 valence electrons. The van der Waals surface area contributed by atoms with Crippen LogP contribution in [0.2, 0.25) is 0 Å². The first kappa shape index (κ1) is 18.3. The van der Waals surface area contributed by atoms with Crippen LogP contribution in [-0.2, 0) is 6.54 Å². The first-order valence-electron chi connectivity index (χ1n) is 7.64. The second-order valence-electron chi connectivity index (χ2n) is 4.82. The fraction of sp³-hybridized carbons (Fsp3) is 0.222. The van der Waals surface area contributed by atoms with E-state index < -0.39 is 0 Å². The summed E-state index contributed by atoms with van der Waals surface area (Å²) in [5.74, 6) is 0.239. The van der Waals surface area contributed by atoms with Crippen LogP contribution in [0.25, 0.3) is 12.7 Å². The summed E-state index contributed by atoms with van der Waals surface area (Å²) in [6, 6.07) is 7.18. The Labute approximate surface area is 149 Å². The summed E-state index contributed by atoms with van der Waals surface area (Å²) in [7, 11) is 0. The maximum absolute atomic E-state index is 11.9. The number of phenolic OH excluding ortho intramolecular Hbond substituents is 1. The fourth-order valence-electron chi connectivity index (χ4n) is 2.04. The first-order valence-corrected chi connectivity index (χ1v) is 9.27. The van der Waals surface area contributed by atoms with Crippen molar-refractivity contribution >= 4 is 40.8 Å². The Kier molecular flexibility index (Phi) is 6.63. The molecule has 0 aliphatic heterocycles. The fourth-order valence-corrected chi connectivity index (χ4v) is 3.85. The molecule has 1 N–H and O–H groups in total. The van der Waals surface area contributed by atoms with E-state index in [4.69, 9.17) is 0 Å². The summed E-state index contributed by atoms with van der Waals surface area (Å²) in [6.45, 7) is 8.95. The molecule has 24 heavy (non-hydrogen) atoms. The zero-order valence-electron chi connectivity index (χ0n) is 13.7. The molecule has 1 heterocycles. The number of rotatable bonds is 5. The van der Waals surface area contributed by atoms with Crippen molar-refractivity contribution in [3.05, 3.63) is 56.0 Å². The third-order valence-corrected chi connectivity index (χ3v) is 5.19. The number of thioether (sulfide) groups is 1. The van der Waals surface area contributed by atoms with Gasteiger partial charge in [-0.25, -0.2) is 0 Å². The molecule has 0 unspecified atom stereocenters. The van der Waals surface area contributed by atoms with E-state index in [-0.39, 0.29) is 11.3 Å². The second kappa shape index (κ2) is 8.70. The molecule has 0 spiro atoms. The van der Waals surface area contributed by atoms with Crippen LogP contribution in [0.3, 0.4) is 0 Å². The normalized spacial score (nSPS) is 13.1. The molecule has 0 aliphatic rings. The van der Waals surface area contributed by atoms with Gasteiger partial charge in [-0.05, 0) is 38.1 Å². The largest absolute Gasteiger partial charge is 0.507 e. The Morgan fingerprint density at radius 3 is 2.83 bits per heavy atom. The molecule has 2 rings (SSSR count). The summed E-state index contributed by atoms with van der Waals surface area (Å²) < 4.78 is 3.11. The SMILES string of the molecule is C=c1s/c(=C/C=C/C(=NCC)Sc2ccccc2O)n(CC)c1=O. The van der Waals surface area contributed by atoms with Crippen LogP contribution in [-0.4, -0.2) is 21.3 Å². The molecule has 0 saturated heterocycles. The summed E-state index contributed by atoms with van der Waals surface area (Å²) in [6.07, 6.45) is 5.65. The maximum Gasteiger partial charge on any atom is 0.268 e. The number of aliphatic imine (C=N–C) groups is 1. The lowest BCUT2D eigenvalue weighted by Crippen LogP contribution is -2.29. The van der Waals surface area contributed by atoms with E-state index in [1.807, 2.05) is 44.2 Å². The lowest BCUT2D eigenvalue weighted by Gasteiger charge is -2.03. The van der Waals surface area contributed by atoms with E-state index in [0.29, 0.717) is 17.6 Å². The molecule has 0 radical (unpaired) electrons. The van der Waals surface area contributed by atoms with Gasteiger partial charge in [-0.15, -0.1) is 11.3 Å². The summed E-state index contributed by atoms with van der Waals surface area (Å²) in [4.78, 5) is 17.1. The minimum atomic E-state index is -0.0341. The van der Waals surface area contributed by atoms with Gasteiger partial charge in [0.1, 0.15) is 5.75 Å². The minimum Gasteiger partial charge on any atom is -0.507 e. The summed E-state index contributed by atoms with van der Waals surface area (Å²) in [5, 5.41) is 10.7. The number of allylic oxidation sites excluding steroid dienone is 1. The summed E-state index contributed by atoms with van der Waals surface area (Å²) in [5.41, 5.74) is -0.0341. The molecular formula is C18H20N2O2S2. The monoisotopic (exact) mass is 360 g/mol. The van der Waals surface area contributed by atoms with Crippen molar-refractivity contribution < 1.29 is 5.11 Å². The number of para-hydroxylation sites is 1. The average Bonchev–Trinajstić information content (AvgIpc) is 2.83. The van der Waals surface area contributed by atoms with Crippen molar-refractivity contribution in [1.82, 2.24) is 4.57 Å². The van der Waals surface area contributed by atoms with Crippen molar-refractivity contribution in [2.24, 2.45) is 4.99 Å². The van der Waals surface area contributed by atoms with Crippen LogP contribution < -0.4 is 14.8 Å². The van der Waals surface area contributed by atoms with E-state index in [1.165, 1.54) is 23.1 Å². The Bertz CT molecular complexity index is 923. The predicted molar refractivity (Wildman–Crippen MR) is 105 cm³/mol. The van der Waals surface area contributed by atoms with Crippen LogP contribution >= 0.6 is 23.1 Å². The van der Waals surface area contributed by atoms with E-state index >= 15 is 0 Å². The highest BCUT2D eigenvalue weighted by Gasteiger charge is 2.04. The van der Waals surface area contributed by atoms with Gasteiger partial charge in [0.2, 0.25) is 0 Å². The van der Waals surface area contributed by atoms with E-state index in [0.717, 1.165) is 14.6 Å². The molecule has 0 aliphatic carbocycles. The lowest BCUT2D eigenvalue weighted by atomic mass is 10.3. The van der Waals surface area contributed by atoms with Crippen molar-refractivity contribution in [3.63, 3.8) is 0 Å². The van der Waals surface area contributed by atoms with Crippen LogP contribution in [0.5, 0.6) is 5.75 Å². The average molecular weight is 361 g/mol. The smallest absolute Gasteiger partial charge is 0.268 e. The highest BCUT2D eigenvalue weighted by atomic mass is 32.2. The molecule has 2 aromatic rings. The number of nitrogens with zero attached hydrogens (tertiary/aromatic N) is 2. The predicted octanol–water partition coefficient (Wildman–Crippen LogP) is 2.59. The minimum absolute atomic E-state index is 0.0341. The second-order valence-corrected chi connectivity index (χ2v) is 7.00. The van der Waals surface area contributed by atoms with Crippen molar-refractivity contribution in [1.29, 1.82) is 0 Å². The standard InChI is InChI=1S/C18H20N2O2S2/c1-4-19-16(24-15-10-7-6-9-14(15)21)11-8-12-17-20(5-2)18(22)13(3)23-17/h6-12,21H,3-5H2,1-2H3/b11-8+,17-12+,19-16?. The van der Waals surface area contributed by atoms with Gasteiger partial charge in [0.15, 0.2) is 0 Å². The third-order valence-electron chi connectivity index (χ3n) is 3.17. The zero-order valence-corrected chi connectivity index (χ0v) is 15.4. The molecule has 4 nitrogen and oxygen atoms in total. The van der Waals surface area contributed by atoms with Gasteiger partial charge in [0, 0.05) is 13.1 Å². The van der Waals surface area contributed by atoms with Gasteiger partial charge in [0.25, 0.3) is 5.56 Å². The molecule has 0 amide bonds. The van der Waals surface area contributed by atoms with Crippen molar-refractivity contribution in [2.45, 2.75) is 25.3 Å². The van der Waals surface area contributed by atoms with Gasteiger partial charge < -0.3 is 5.11 Å². The topological polar surface area (TPSA) is 54.6 Å².